The molecule has 5 heteroatoms. The van der Waals surface area contributed by atoms with Gasteiger partial charge in [0, 0.05) is 44.1 Å². The van der Waals surface area contributed by atoms with Gasteiger partial charge in [-0.2, -0.15) is 5.26 Å². The van der Waals surface area contributed by atoms with Crippen LogP contribution in [-0.2, 0) is 10.2 Å². The summed E-state index contributed by atoms with van der Waals surface area (Å²) in [6.45, 7) is 7.29. The van der Waals surface area contributed by atoms with Gasteiger partial charge in [-0.25, -0.2) is 0 Å². The molecule has 1 unspecified atom stereocenters. The summed E-state index contributed by atoms with van der Waals surface area (Å²) in [6, 6.07) is 28.7. The van der Waals surface area contributed by atoms with E-state index in [1.54, 1.807) is 0 Å². The van der Waals surface area contributed by atoms with Crippen LogP contribution in [0.3, 0.4) is 0 Å². The van der Waals surface area contributed by atoms with Crippen molar-refractivity contribution in [2.45, 2.75) is 18.8 Å². The van der Waals surface area contributed by atoms with Crippen molar-refractivity contribution >= 4 is 17.3 Å². The molecule has 3 aromatic rings. The third-order valence-corrected chi connectivity index (χ3v) is 7.36. The molecule has 0 saturated carbocycles. The number of amides is 1. The summed E-state index contributed by atoms with van der Waals surface area (Å²) in [5, 5.41) is 9.21. The number of nitriles is 1. The highest BCUT2D eigenvalue weighted by atomic mass is 16.2. The number of benzene rings is 3. The Morgan fingerprint density at radius 2 is 1.65 bits per heavy atom. The van der Waals surface area contributed by atoms with Crippen molar-refractivity contribution in [1.29, 1.82) is 5.26 Å². The summed E-state index contributed by atoms with van der Waals surface area (Å²) in [5.74, 6) is 0.189. The third-order valence-electron chi connectivity index (χ3n) is 7.36. The average molecular weight is 451 g/mol. The number of hydrogen-bond donors (Lipinski definition) is 0. The van der Waals surface area contributed by atoms with Crippen LogP contribution in [0, 0.1) is 11.3 Å². The molecule has 2 heterocycles. The smallest absolute Gasteiger partial charge is 0.242 e. The molecule has 0 bridgehead atoms. The molecule has 0 aliphatic carbocycles. The summed E-state index contributed by atoms with van der Waals surface area (Å²) in [7, 11) is 0. The predicted octanol–water partition coefficient (Wildman–Crippen LogP) is 4.42. The van der Waals surface area contributed by atoms with Crippen molar-refractivity contribution in [1.82, 2.24) is 4.90 Å². The lowest BCUT2D eigenvalue weighted by Crippen LogP contribution is -2.49. The minimum Gasteiger partial charge on any atom is -0.369 e. The van der Waals surface area contributed by atoms with Crippen LogP contribution >= 0.6 is 0 Å². The fourth-order valence-electron chi connectivity index (χ4n) is 5.55. The number of anilines is 2. The van der Waals surface area contributed by atoms with Gasteiger partial charge in [-0.15, -0.1) is 0 Å². The van der Waals surface area contributed by atoms with Gasteiger partial charge in [0.05, 0.1) is 11.6 Å². The van der Waals surface area contributed by atoms with E-state index >= 15 is 0 Å². The zero-order valence-corrected chi connectivity index (χ0v) is 19.7. The van der Waals surface area contributed by atoms with E-state index in [2.05, 4.69) is 59.2 Å². The zero-order chi connectivity index (χ0) is 23.5. The molecule has 34 heavy (non-hydrogen) atoms. The van der Waals surface area contributed by atoms with Crippen molar-refractivity contribution in [2.24, 2.45) is 0 Å². The van der Waals surface area contributed by atoms with Gasteiger partial charge in [0.15, 0.2) is 0 Å². The number of carbonyl (C=O) groups is 1. The minimum absolute atomic E-state index is 0.189. The Balaban J connectivity index is 1.37. The maximum absolute atomic E-state index is 14.0. The van der Waals surface area contributed by atoms with Crippen molar-refractivity contribution in [3.63, 3.8) is 0 Å². The Bertz CT molecular complexity index is 1210. The zero-order valence-electron chi connectivity index (χ0n) is 19.7. The number of fused-ring (bicyclic) bond motifs is 1. The van der Waals surface area contributed by atoms with E-state index in [9.17, 15) is 10.1 Å². The molecule has 5 rings (SSSR count). The molecular formula is C29H30N4O. The van der Waals surface area contributed by atoms with Gasteiger partial charge in [0.1, 0.15) is 5.41 Å². The summed E-state index contributed by atoms with van der Waals surface area (Å²) < 4.78 is 0. The highest BCUT2D eigenvalue weighted by Gasteiger charge is 2.51. The second kappa shape index (κ2) is 9.32. The van der Waals surface area contributed by atoms with E-state index in [1.807, 2.05) is 47.4 Å². The molecule has 1 saturated heterocycles. The summed E-state index contributed by atoms with van der Waals surface area (Å²) >= 11 is 0. The first kappa shape index (κ1) is 22.2. The first-order valence-electron chi connectivity index (χ1n) is 12.1. The predicted molar refractivity (Wildman–Crippen MR) is 136 cm³/mol. The van der Waals surface area contributed by atoms with E-state index in [-0.39, 0.29) is 5.91 Å². The van der Waals surface area contributed by atoms with Crippen LogP contribution in [0.2, 0.25) is 0 Å². The highest BCUT2D eigenvalue weighted by molar-refractivity contribution is 6.10. The van der Waals surface area contributed by atoms with Crippen LogP contribution in [0.1, 0.15) is 30.0 Å². The highest BCUT2D eigenvalue weighted by Crippen LogP contribution is 2.48. The number of hydrogen-bond acceptors (Lipinski definition) is 4. The lowest BCUT2D eigenvalue weighted by molar-refractivity contribution is -0.122. The van der Waals surface area contributed by atoms with E-state index in [1.165, 1.54) is 0 Å². The lowest BCUT2D eigenvalue weighted by atomic mass is 9.72. The van der Waals surface area contributed by atoms with Gasteiger partial charge >= 0.3 is 0 Å². The summed E-state index contributed by atoms with van der Waals surface area (Å²) in [6.07, 6.45) is 0.757. The number of likely N-dealkylation sites (N-methyl/N-ethyl adjacent to an activating group) is 1. The number of carbonyl (C=O) groups excluding carboxylic acids is 1. The van der Waals surface area contributed by atoms with Crippen LogP contribution < -0.4 is 9.80 Å². The Labute approximate surface area is 201 Å². The number of nitrogens with zero attached hydrogens (tertiary/aromatic N) is 4. The van der Waals surface area contributed by atoms with Gasteiger partial charge in [-0.3, -0.25) is 9.69 Å². The maximum atomic E-state index is 14.0. The molecule has 172 valence electrons. The first-order chi connectivity index (χ1) is 16.7. The molecule has 1 atom stereocenters. The molecular weight excluding hydrogens is 420 g/mol. The lowest BCUT2D eigenvalue weighted by Gasteiger charge is -2.38. The molecule has 0 spiro atoms. The van der Waals surface area contributed by atoms with E-state index in [0.717, 1.165) is 61.6 Å². The molecule has 0 N–H and O–H groups in total. The molecule has 0 radical (unpaired) electrons. The molecule has 1 fully saturated rings. The largest absolute Gasteiger partial charge is 0.369 e. The second-order valence-corrected chi connectivity index (χ2v) is 9.08. The van der Waals surface area contributed by atoms with Crippen LogP contribution in [0.15, 0.2) is 78.9 Å². The van der Waals surface area contributed by atoms with Crippen LogP contribution in [-0.4, -0.2) is 50.1 Å². The normalized spacial score (nSPS) is 20.3. The Hall–Kier alpha value is -3.62. The number of para-hydroxylation sites is 1. The average Bonchev–Trinajstić information content (AvgIpc) is 3.16. The van der Waals surface area contributed by atoms with Crippen molar-refractivity contribution in [2.75, 3.05) is 49.1 Å². The van der Waals surface area contributed by atoms with E-state index in [4.69, 9.17) is 0 Å². The van der Waals surface area contributed by atoms with Crippen molar-refractivity contribution in [3.8, 4) is 6.07 Å². The standard InChI is InChI=1S/C29H30N4O/c1-2-33-27-14-7-6-13-26(27)29(28(33)34,24-10-4-3-5-11-24)15-16-31-17-19-32(20-18-31)25-12-8-9-23(21-25)22-30/h3-14,21H,2,15-20H2,1H3. The van der Waals surface area contributed by atoms with E-state index in [0.29, 0.717) is 12.1 Å². The fourth-order valence-corrected chi connectivity index (χ4v) is 5.55. The number of piperazine rings is 1. The van der Waals surface area contributed by atoms with Crippen LogP contribution in [0.4, 0.5) is 11.4 Å². The Morgan fingerprint density at radius 3 is 2.38 bits per heavy atom. The minimum atomic E-state index is -0.647. The van der Waals surface area contributed by atoms with Crippen LogP contribution in [0.25, 0.3) is 0 Å². The summed E-state index contributed by atoms with van der Waals surface area (Å²) in [4.78, 5) is 20.7. The Kier molecular flexibility index (Phi) is 6.08. The topological polar surface area (TPSA) is 50.6 Å². The SMILES string of the molecule is CCN1C(=O)C(CCN2CCN(c3cccc(C#N)c3)CC2)(c2ccccc2)c2ccccc21. The first-order valence-corrected chi connectivity index (χ1v) is 12.1. The Morgan fingerprint density at radius 1 is 0.912 bits per heavy atom. The van der Waals surface area contributed by atoms with Gasteiger partial charge in [0.2, 0.25) is 5.91 Å². The van der Waals surface area contributed by atoms with Crippen LogP contribution in [0.5, 0.6) is 0 Å². The molecule has 5 nitrogen and oxygen atoms in total. The van der Waals surface area contributed by atoms with Gasteiger partial charge in [0.25, 0.3) is 0 Å². The third kappa shape index (κ3) is 3.74. The fraction of sp³-hybridized carbons (Fsp3) is 0.310. The quantitative estimate of drug-likeness (QED) is 0.558. The van der Waals surface area contributed by atoms with Gasteiger partial charge in [-0.05, 0) is 55.3 Å². The summed E-state index contributed by atoms with van der Waals surface area (Å²) in [5.41, 5.74) is 4.41. The second-order valence-electron chi connectivity index (χ2n) is 9.08. The molecule has 2 aliphatic rings. The molecule has 2 aliphatic heterocycles. The van der Waals surface area contributed by atoms with E-state index < -0.39 is 5.41 Å². The van der Waals surface area contributed by atoms with Gasteiger partial charge in [-0.1, -0.05) is 54.6 Å². The van der Waals surface area contributed by atoms with Gasteiger partial charge < -0.3 is 9.80 Å². The molecule has 1 amide bonds. The monoisotopic (exact) mass is 450 g/mol. The van der Waals surface area contributed by atoms with Crippen molar-refractivity contribution in [3.05, 3.63) is 95.6 Å². The molecule has 0 aromatic heterocycles. The van der Waals surface area contributed by atoms with Crippen molar-refractivity contribution < 1.29 is 4.79 Å². The molecule has 3 aromatic carbocycles. The number of rotatable bonds is 6. The maximum Gasteiger partial charge on any atom is 0.242 e.